The summed E-state index contributed by atoms with van der Waals surface area (Å²) in [6.07, 6.45) is 6.16. The number of unbranched alkanes of at least 4 members (excludes halogenated alkanes) is 3. The summed E-state index contributed by atoms with van der Waals surface area (Å²) in [5.41, 5.74) is 31.5. The molecule has 0 spiro atoms. The molecule has 0 unspecified atom stereocenters. The Hall–Kier alpha value is -10.1. The van der Waals surface area contributed by atoms with Crippen molar-refractivity contribution in [2.45, 2.75) is 311 Å². The van der Waals surface area contributed by atoms with Gasteiger partial charge in [-0.05, 0) is 175 Å². The molecule has 1 heterocycles. The molecule has 3 aromatic rings. The Morgan fingerprint density at radius 3 is 1.15 bits per heavy atom. The topological polar surface area (TPSA) is 570 Å². The van der Waals surface area contributed by atoms with Crippen LogP contribution in [0.2, 0.25) is 0 Å². The van der Waals surface area contributed by atoms with Crippen molar-refractivity contribution in [3.05, 3.63) is 71.9 Å². The average Bonchev–Trinajstić information content (AvgIpc) is 1.65. The van der Waals surface area contributed by atoms with Gasteiger partial charge in [-0.3, -0.25) is 71.9 Å². The van der Waals surface area contributed by atoms with Gasteiger partial charge in [-0.15, -0.1) is 0 Å². The molecule has 3 rings (SSSR count). The lowest BCUT2D eigenvalue weighted by molar-refractivity contribution is -0.136. The van der Waals surface area contributed by atoms with Crippen molar-refractivity contribution in [3.63, 3.8) is 0 Å². The van der Waals surface area contributed by atoms with E-state index >= 15 is 0 Å². The van der Waals surface area contributed by atoms with Gasteiger partial charge in [-0.25, -0.2) is 0 Å². The molecule has 696 valence electrons. The van der Waals surface area contributed by atoms with Crippen LogP contribution in [0.15, 0.2) is 60.8 Å². The van der Waals surface area contributed by atoms with Gasteiger partial charge in [0.05, 0.1) is 12.6 Å². The first-order valence-corrected chi connectivity index (χ1v) is 44.4. The molecule has 0 saturated heterocycles. The molecule has 0 bridgehead atoms. The SMILES string of the molecule is CC[C@H](C)[C@H](NC(=O)CNC(=O)[C@H](CC(C)C)NC(=O)[C@H](Cc1ccccc1)NC(=O)[C@H](CC(C)C)NC(=O)[C@H](CCCCN)NC(=O)[C@H](Cc1c[nH]c2ccccc12)NC(=O)[C@@H](N)CCCCN)C(=O)N[C@@H](CC(C)C)C(=O)N[C@@H](C)C(=O)N[C@H](C(=O)N[C@@H](CC(C)C)C(=O)N[C@@H](CCCCN)C(=O)N[C@H](C(=O)N[C@@H](CC(C)C)C(N)=O)C(C)C)C(C)C. The van der Waals surface area contributed by atoms with Crippen LogP contribution >= 0.6 is 0 Å². The standard InChI is InChI=1S/C89H150N20O15/c1-18-56(16)75(89(124)106-67(42-51(6)7)82(117)97-57(17)77(112)108-73(54(12)13)88(123)105-69(44-53(10)11)83(118)99-64(36-26-29-39-92)81(116)109-74(55(14)15)87(122)100-65(76(94)111)40-49(2)3)107-72(110)48-96-79(114)66(41-50(4)5)102-85(120)70(45-58-30-20-19-21-31-58)104-84(119)68(43-52(8)9)103-80(115)63(35-25-28-38-91)98-86(121)71(101-78(113)61(93)33-24-27-37-90)46-59-47-95-62-34-23-22-32-60(59)62/h19-23,30-32,34,47,49-57,61,63-71,73-75,95H,18,24-29,33,35-46,48,90-93H2,1-17H3,(H2,94,111)(H,96,114)(H,97,117)(H,98,121)(H,99,118)(H,100,122)(H,101,113)(H,102,120)(H,103,115)(H,104,119)(H,105,123)(H,106,124)(H,107,110)(H,108,112)(H,109,116)/t56-,57-,61-,63-,64-,65-,66-,67-,68-,69-,70-,71-,73-,74-,75-/m0/s1. The van der Waals surface area contributed by atoms with Gasteiger partial charge in [0, 0.05) is 29.9 Å². The van der Waals surface area contributed by atoms with Crippen LogP contribution in [0.25, 0.3) is 10.9 Å². The third-order valence-electron chi connectivity index (χ3n) is 21.3. The first kappa shape index (κ1) is 108. The van der Waals surface area contributed by atoms with Crippen molar-refractivity contribution in [3.8, 4) is 0 Å². The molecule has 35 heteroatoms. The van der Waals surface area contributed by atoms with Crippen LogP contribution in [0.1, 0.15) is 225 Å². The average molecular weight is 1740 g/mol. The minimum atomic E-state index is -1.36. The third-order valence-corrected chi connectivity index (χ3v) is 21.3. The van der Waals surface area contributed by atoms with E-state index in [0.717, 1.165) is 16.5 Å². The first-order chi connectivity index (χ1) is 58.4. The summed E-state index contributed by atoms with van der Waals surface area (Å²) >= 11 is 0. The number of H-pyrrole nitrogens is 1. The number of aromatic amines is 1. The number of hydrogen-bond donors (Lipinski definition) is 20. The Kier molecular flexibility index (Phi) is 48.8. The highest BCUT2D eigenvalue weighted by atomic mass is 16.2. The monoisotopic (exact) mass is 1740 g/mol. The summed E-state index contributed by atoms with van der Waals surface area (Å²) < 4.78 is 0. The van der Waals surface area contributed by atoms with Crippen molar-refractivity contribution in [1.82, 2.24) is 79.4 Å². The molecule has 0 fully saturated rings. The van der Waals surface area contributed by atoms with Crippen molar-refractivity contribution in [2.24, 2.45) is 76.0 Å². The van der Waals surface area contributed by atoms with Crippen molar-refractivity contribution < 1.29 is 71.9 Å². The molecule has 15 atom stereocenters. The number of carbonyl (C=O) groups excluding carboxylic acids is 15. The number of rotatable bonds is 59. The predicted molar refractivity (Wildman–Crippen MR) is 478 cm³/mol. The molecule has 0 radical (unpaired) electrons. The van der Waals surface area contributed by atoms with E-state index in [1.54, 1.807) is 78.1 Å². The van der Waals surface area contributed by atoms with E-state index in [0.29, 0.717) is 70.0 Å². The summed E-state index contributed by atoms with van der Waals surface area (Å²) in [5, 5.41) is 39.4. The second kappa shape index (κ2) is 56.0. The zero-order valence-corrected chi connectivity index (χ0v) is 76.3. The smallest absolute Gasteiger partial charge is 0.243 e. The van der Waals surface area contributed by atoms with Gasteiger partial charge < -0.3 is 108 Å². The molecule has 0 saturated carbocycles. The fourth-order valence-electron chi connectivity index (χ4n) is 14.1. The number of amides is 15. The molecule has 0 aliphatic carbocycles. The maximum atomic E-state index is 14.8. The maximum absolute atomic E-state index is 14.8. The largest absolute Gasteiger partial charge is 0.368 e. The van der Waals surface area contributed by atoms with Gasteiger partial charge in [0.1, 0.15) is 78.5 Å². The van der Waals surface area contributed by atoms with E-state index in [1.165, 1.54) is 6.92 Å². The van der Waals surface area contributed by atoms with Gasteiger partial charge in [0.25, 0.3) is 0 Å². The molecule has 2 aromatic carbocycles. The van der Waals surface area contributed by atoms with Crippen LogP contribution in [0, 0.1) is 47.3 Å². The van der Waals surface area contributed by atoms with E-state index in [-0.39, 0.29) is 93.9 Å². The normalized spacial score (nSPS) is 15.2. The molecule has 25 N–H and O–H groups in total. The molecule has 35 nitrogen and oxygen atoms in total. The van der Waals surface area contributed by atoms with Gasteiger partial charge in [0.15, 0.2) is 0 Å². The quantitative estimate of drug-likeness (QED) is 0.0360. The number of nitrogens with two attached hydrogens (primary N) is 5. The van der Waals surface area contributed by atoms with Crippen LogP contribution in [0.3, 0.4) is 0 Å². The predicted octanol–water partition coefficient (Wildman–Crippen LogP) is 2.18. The third kappa shape index (κ3) is 39.0. The fourth-order valence-corrected chi connectivity index (χ4v) is 14.1. The van der Waals surface area contributed by atoms with Crippen molar-refractivity contribution >= 4 is 99.5 Å². The van der Waals surface area contributed by atoms with Crippen molar-refractivity contribution in [2.75, 3.05) is 26.2 Å². The molecule has 1 aromatic heterocycles. The fraction of sp³-hybridized carbons (Fsp3) is 0.674. The highest BCUT2D eigenvalue weighted by molar-refractivity contribution is 6.01. The zero-order chi connectivity index (χ0) is 93.2. The Morgan fingerprint density at radius 2 is 0.702 bits per heavy atom. The molecule has 0 aliphatic rings. The van der Waals surface area contributed by atoms with E-state index in [4.69, 9.17) is 28.7 Å². The number of hydrogen-bond acceptors (Lipinski definition) is 19. The molecule has 124 heavy (non-hydrogen) atoms. The summed E-state index contributed by atoms with van der Waals surface area (Å²) in [4.78, 5) is 216. The number of primary amides is 1. The molecular formula is C89H150N20O15. The number of fused-ring (bicyclic) bond motifs is 1. The van der Waals surface area contributed by atoms with Crippen LogP contribution in [0.5, 0.6) is 0 Å². The number of para-hydroxylation sites is 1. The number of nitrogens with one attached hydrogen (secondary N) is 15. The summed E-state index contributed by atoms with van der Waals surface area (Å²) in [5.74, 6) is -13.3. The molecular weight excluding hydrogens is 1590 g/mol. The minimum Gasteiger partial charge on any atom is -0.368 e. The first-order valence-electron chi connectivity index (χ1n) is 44.4. The number of benzene rings is 2. The van der Waals surface area contributed by atoms with E-state index in [1.807, 2.05) is 93.5 Å². The van der Waals surface area contributed by atoms with E-state index < -0.39 is 197 Å². The summed E-state index contributed by atoms with van der Waals surface area (Å²) in [7, 11) is 0. The molecule has 15 amide bonds. The van der Waals surface area contributed by atoms with Crippen LogP contribution in [-0.4, -0.2) is 204 Å². The Labute approximate surface area is 733 Å². The highest BCUT2D eigenvalue weighted by Crippen LogP contribution is 2.22. The lowest BCUT2D eigenvalue weighted by Crippen LogP contribution is -2.61. The second-order valence-electron chi connectivity index (χ2n) is 35.7. The lowest BCUT2D eigenvalue weighted by Gasteiger charge is -2.30. The second-order valence-corrected chi connectivity index (χ2v) is 35.7. The van der Waals surface area contributed by atoms with Crippen LogP contribution < -0.4 is 103 Å². The van der Waals surface area contributed by atoms with Gasteiger partial charge >= 0.3 is 0 Å². The lowest BCUT2D eigenvalue weighted by atomic mass is 9.96. The zero-order valence-electron chi connectivity index (χ0n) is 76.3. The van der Waals surface area contributed by atoms with E-state index in [9.17, 15) is 71.9 Å². The van der Waals surface area contributed by atoms with E-state index in [2.05, 4.69) is 79.4 Å². The summed E-state index contributed by atoms with van der Waals surface area (Å²) in [6, 6.07) is -0.735. The molecule has 0 aliphatic heterocycles. The maximum Gasteiger partial charge on any atom is 0.243 e. The van der Waals surface area contributed by atoms with Crippen LogP contribution in [0.4, 0.5) is 0 Å². The van der Waals surface area contributed by atoms with Gasteiger partial charge in [-0.1, -0.05) is 172 Å². The Balaban J connectivity index is 1.84. The Bertz CT molecular complexity index is 3910. The van der Waals surface area contributed by atoms with Crippen molar-refractivity contribution in [1.29, 1.82) is 0 Å². The van der Waals surface area contributed by atoms with Gasteiger partial charge in [0.2, 0.25) is 88.6 Å². The highest BCUT2D eigenvalue weighted by Gasteiger charge is 2.39. The summed E-state index contributed by atoms with van der Waals surface area (Å²) in [6.45, 7) is 30.2. The minimum absolute atomic E-state index is 0.00734. The number of carbonyl (C=O) groups is 15. The van der Waals surface area contributed by atoms with Crippen LogP contribution in [-0.2, 0) is 84.8 Å². The van der Waals surface area contributed by atoms with Gasteiger partial charge in [-0.2, -0.15) is 0 Å². The number of aromatic nitrogens is 1. The Morgan fingerprint density at radius 1 is 0.347 bits per heavy atom.